The fraction of sp³-hybridized carbons (Fsp3) is 0.526. The first-order valence-electron chi connectivity index (χ1n) is 8.90. The van der Waals surface area contributed by atoms with Crippen LogP contribution in [0.1, 0.15) is 52.4 Å². The van der Waals surface area contributed by atoms with E-state index in [9.17, 15) is 14.4 Å². The van der Waals surface area contributed by atoms with Gasteiger partial charge in [0, 0.05) is 31.3 Å². The average Bonchev–Trinajstić information content (AvgIpc) is 2.81. The number of anilines is 2. The van der Waals surface area contributed by atoms with Crippen molar-refractivity contribution in [3.63, 3.8) is 0 Å². The van der Waals surface area contributed by atoms with Crippen molar-refractivity contribution in [1.82, 2.24) is 4.90 Å². The third kappa shape index (κ3) is 6.21. The molecule has 2 rings (SSSR count). The van der Waals surface area contributed by atoms with E-state index in [0.717, 1.165) is 25.7 Å². The van der Waals surface area contributed by atoms with Crippen LogP contribution in [0.3, 0.4) is 0 Å². The Kier molecular flexibility index (Phi) is 6.98. The minimum absolute atomic E-state index is 0.0599. The zero-order valence-corrected chi connectivity index (χ0v) is 15.0. The van der Waals surface area contributed by atoms with Gasteiger partial charge in [-0.05, 0) is 31.0 Å². The summed E-state index contributed by atoms with van der Waals surface area (Å²) in [6.07, 6.45) is 6.54. The summed E-state index contributed by atoms with van der Waals surface area (Å²) in [5, 5.41) is 5.49. The monoisotopic (exact) mass is 345 g/mol. The smallest absolute Gasteiger partial charge is 0.244 e. The maximum absolute atomic E-state index is 12.4. The van der Waals surface area contributed by atoms with Crippen molar-refractivity contribution in [1.29, 1.82) is 0 Å². The minimum Gasteiger partial charge on any atom is -0.331 e. The van der Waals surface area contributed by atoms with Crippen molar-refractivity contribution in [3.8, 4) is 0 Å². The molecule has 0 spiro atoms. The Morgan fingerprint density at radius 1 is 1.00 bits per heavy atom. The van der Waals surface area contributed by atoms with E-state index in [4.69, 9.17) is 0 Å². The number of carbonyl (C=O) groups excluding carboxylic acids is 3. The molecule has 2 N–H and O–H groups in total. The highest BCUT2D eigenvalue weighted by atomic mass is 16.2. The molecule has 0 bridgehead atoms. The van der Waals surface area contributed by atoms with Gasteiger partial charge < -0.3 is 15.5 Å². The molecule has 0 unspecified atom stereocenters. The van der Waals surface area contributed by atoms with E-state index in [1.54, 1.807) is 29.2 Å². The maximum Gasteiger partial charge on any atom is 0.244 e. The van der Waals surface area contributed by atoms with Crippen LogP contribution in [-0.2, 0) is 14.4 Å². The van der Waals surface area contributed by atoms with E-state index in [0.29, 0.717) is 11.4 Å². The fourth-order valence-corrected chi connectivity index (χ4v) is 3.30. The third-order valence-corrected chi connectivity index (χ3v) is 4.45. The number of nitrogens with one attached hydrogen (secondary N) is 2. The summed E-state index contributed by atoms with van der Waals surface area (Å²) < 4.78 is 0. The average molecular weight is 345 g/mol. The molecule has 0 heterocycles. The van der Waals surface area contributed by atoms with Gasteiger partial charge in [0.25, 0.3) is 0 Å². The molecule has 1 aromatic rings. The first kappa shape index (κ1) is 19.0. The second kappa shape index (κ2) is 9.20. The van der Waals surface area contributed by atoms with Crippen LogP contribution in [0.4, 0.5) is 11.4 Å². The van der Waals surface area contributed by atoms with Crippen molar-refractivity contribution in [2.24, 2.45) is 0 Å². The van der Waals surface area contributed by atoms with E-state index in [-0.39, 0.29) is 30.3 Å². The molecule has 0 saturated heterocycles. The van der Waals surface area contributed by atoms with E-state index in [1.807, 2.05) is 0 Å². The first-order valence-corrected chi connectivity index (χ1v) is 8.90. The van der Waals surface area contributed by atoms with Gasteiger partial charge in [0.1, 0.15) is 6.54 Å². The number of hydrogen-bond acceptors (Lipinski definition) is 3. The van der Waals surface area contributed by atoms with Gasteiger partial charge in [-0.3, -0.25) is 14.4 Å². The van der Waals surface area contributed by atoms with Gasteiger partial charge in [-0.25, -0.2) is 0 Å². The molecule has 136 valence electrons. The van der Waals surface area contributed by atoms with E-state index in [1.165, 1.54) is 26.7 Å². The number of amides is 3. The van der Waals surface area contributed by atoms with Crippen molar-refractivity contribution in [3.05, 3.63) is 24.3 Å². The number of hydrogen-bond donors (Lipinski definition) is 2. The Morgan fingerprint density at radius 3 is 2.16 bits per heavy atom. The summed E-state index contributed by atoms with van der Waals surface area (Å²) >= 11 is 0. The van der Waals surface area contributed by atoms with Gasteiger partial charge in [0.15, 0.2) is 0 Å². The topological polar surface area (TPSA) is 78.5 Å². The molecular weight excluding hydrogens is 318 g/mol. The predicted molar refractivity (Wildman–Crippen MR) is 98.3 cm³/mol. The molecule has 0 aromatic heterocycles. The Bertz CT molecular complexity index is 622. The van der Waals surface area contributed by atoms with Gasteiger partial charge in [0.2, 0.25) is 17.7 Å². The highest BCUT2D eigenvalue weighted by Crippen LogP contribution is 2.22. The molecule has 1 aromatic carbocycles. The van der Waals surface area contributed by atoms with Crippen molar-refractivity contribution < 1.29 is 14.4 Å². The molecule has 1 aliphatic rings. The Hall–Kier alpha value is -2.37. The van der Waals surface area contributed by atoms with Gasteiger partial charge in [0.05, 0.1) is 0 Å². The zero-order valence-electron chi connectivity index (χ0n) is 15.0. The molecule has 1 saturated carbocycles. The molecule has 0 atom stereocenters. The number of nitrogens with zero attached hydrogens (tertiary/aromatic N) is 1. The fourth-order valence-electron chi connectivity index (χ4n) is 3.30. The van der Waals surface area contributed by atoms with Crippen LogP contribution >= 0.6 is 0 Å². The largest absolute Gasteiger partial charge is 0.331 e. The van der Waals surface area contributed by atoms with Crippen LogP contribution in [0.25, 0.3) is 0 Å². The molecule has 1 fully saturated rings. The van der Waals surface area contributed by atoms with Crippen LogP contribution in [0, 0.1) is 0 Å². The molecule has 0 aliphatic heterocycles. The SMILES string of the molecule is CC(=O)Nc1cccc(NC(=O)CN(C(C)=O)C2CCCCCC2)c1. The standard InChI is InChI=1S/C19H27N3O3/c1-14(23)20-16-8-7-9-17(12-16)21-19(25)13-22(15(2)24)18-10-5-3-4-6-11-18/h7-9,12,18H,3-6,10-11,13H2,1-2H3,(H,20,23)(H,21,25). The molecule has 3 amide bonds. The Morgan fingerprint density at radius 2 is 1.60 bits per heavy atom. The second-order valence-corrected chi connectivity index (χ2v) is 6.60. The zero-order chi connectivity index (χ0) is 18.2. The molecule has 0 radical (unpaired) electrons. The van der Waals surface area contributed by atoms with E-state index in [2.05, 4.69) is 10.6 Å². The van der Waals surface area contributed by atoms with Crippen LogP contribution in [0.15, 0.2) is 24.3 Å². The summed E-state index contributed by atoms with van der Waals surface area (Å²) in [6, 6.07) is 7.12. The van der Waals surface area contributed by atoms with Crippen molar-refractivity contribution in [2.45, 2.75) is 58.4 Å². The van der Waals surface area contributed by atoms with Gasteiger partial charge in [-0.1, -0.05) is 31.7 Å². The molecule has 1 aliphatic carbocycles. The van der Waals surface area contributed by atoms with Crippen LogP contribution in [0.5, 0.6) is 0 Å². The highest BCUT2D eigenvalue weighted by Gasteiger charge is 2.24. The summed E-state index contributed by atoms with van der Waals surface area (Å²) in [4.78, 5) is 37.2. The van der Waals surface area contributed by atoms with Crippen molar-refractivity contribution in [2.75, 3.05) is 17.2 Å². The maximum atomic E-state index is 12.4. The van der Waals surface area contributed by atoms with E-state index < -0.39 is 0 Å². The quantitative estimate of drug-likeness (QED) is 0.805. The van der Waals surface area contributed by atoms with E-state index >= 15 is 0 Å². The Balaban J connectivity index is 1.99. The van der Waals surface area contributed by atoms with Crippen LogP contribution in [-0.4, -0.2) is 35.2 Å². The lowest BCUT2D eigenvalue weighted by Gasteiger charge is -2.29. The second-order valence-electron chi connectivity index (χ2n) is 6.60. The summed E-state index contributed by atoms with van der Waals surface area (Å²) in [6.45, 7) is 3.02. The molecule has 25 heavy (non-hydrogen) atoms. The summed E-state index contributed by atoms with van der Waals surface area (Å²) in [5.74, 6) is -0.451. The molecule has 6 heteroatoms. The Labute approximate surface area is 149 Å². The molecule has 6 nitrogen and oxygen atoms in total. The normalized spacial score (nSPS) is 15.1. The van der Waals surface area contributed by atoms with Crippen LogP contribution < -0.4 is 10.6 Å². The lowest BCUT2D eigenvalue weighted by atomic mass is 10.1. The van der Waals surface area contributed by atoms with Gasteiger partial charge in [-0.2, -0.15) is 0 Å². The van der Waals surface area contributed by atoms with Gasteiger partial charge >= 0.3 is 0 Å². The lowest BCUT2D eigenvalue weighted by Crippen LogP contribution is -2.43. The van der Waals surface area contributed by atoms with Gasteiger partial charge in [-0.15, -0.1) is 0 Å². The molecular formula is C19H27N3O3. The van der Waals surface area contributed by atoms with Crippen LogP contribution in [0.2, 0.25) is 0 Å². The third-order valence-electron chi connectivity index (χ3n) is 4.45. The predicted octanol–water partition coefficient (Wildman–Crippen LogP) is 3.15. The highest BCUT2D eigenvalue weighted by molar-refractivity contribution is 5.95. The summed E-state index contributed by atoms with van der Waals surface area (Å²) in [5.41, 5.74) is 1.22. The summed E-state index contributed by atoms with van der Waals surface area (Å²) in [7, 11) is 0. The number of carbonyl (C=O) groups is 3. The first-order chi connectivity index (χ1) is 12.0. The van der Waals surface area contributed by atoms with Crippen molar-refractivity contribution >= 4 is 29.1 Å². The minimum atomic E-state index is -0.223. The number of rotatable bonds is 5. The number of benzene rings is 1. The lowest BCUT2D eigenvalue weighted by molar-refractivity contribution is -0.135.